The van der Waals surface area contributed by atoms with Crippen molar-refractivity contribution in [1.29, 1.82) is 0 Å². The number of unbranched alkanes of at least 4 members (excludes halogenated alkanes) is 22. The van der Waals surface area contributed by atoms with Crippen molar-refractivity contribution >= 4 is 11.9 Å². The second-order valence-electron chi connectivity index (χ2n) is 11.7. The Morgan fingerprint density at radius 3 is 1.16 bits per heavy atom. The molecule has 0 aliphatic heterocycles. The molecule has 0 saturated carbocycles. The van der Waals surface area contributed by atoms with Crippen molar-refractivity contribution in [1.82, 2.24) is 0 Å². The molecule has 0 aromatic carbocycles. The van der Waals surface area contributed by atoms with Crippen molar-refractivity contribution in [2.75, 3.05) is 0 Å². The summed E-state index contributed by atoms with van der Waals surface area (Å²) in [6.07, 6.45) is 34.0. The van der Waals surface area contributed by atoms with Gasteiger partial charge in [0.2, 0.25) is 0 Å². The van der Waals surface area contributed by atoms with Crippen LogP contribution in [0.4, 0.5) is 0 Å². The third-order valence-electron chi connectivity index (χ3n) is 7.83. The van der Waals surface area contributed by atoms with Crippen molar-refractivity contribution in [3.05, 3.63) is 0 Å². The van der Waals surface area contributed by atoms with Gasteiger partial charge in [-0.2, -0.15) is 0 Å². The summed E-state index contributed by atoms with van der Waals surface area (Å²) in [5.41, 5.74) is 0. The second kappa shape index (κ2) is 30.5. The first-order valence-electron chi connectivity index (χ1n) is 17.0. The van der Waals surface area contributed by atoms with E-state index in [1.807, 2.05) is 0 Å². The molecule has 4 nitrogen and oxygen atoms in total. The fourth-order valence-electron chi connectivity index (χ4n) is 5.30. The fourth-order valence-corrected chi connectivity index (χ4v) is 5.30. The number of rotatable bonds is 31. The van der Waals surface area contributed by atoms with E-state index in [0.717, 1.165) is 51.4 Å². The summed E-state index contributed by atoms with van der Waals surface area (Å²) in [4.78, 5) is 23.1. The molecule has 1 unspecified atom stereocenters. The molecule has 1 N–H and O–H groups in total. The Balaban J connectivity index is 3.96. The molecule has 1 atom stereocenters. The van der Waals surface area contributed by atoms with Crippen LogP contribution in [-0.2, 0) is 14.3 Å². The van der Waals surface area contributed by atoms with Crippen LogP contribution in [0.2, 0.25) is 0 Å². The van der Waals surface area contributed by atoms with Crippen LogP contribution in [0.15, 0.2) is 0 Å². The van der Waals surface area contributed by atoms with Gasteiger partial charge in [0.05, 0.1) is 0 Å². The van der Waals surface area contributed by atoms with Gasteiger partial charge in [-0.1, -0.05) is 149 Å². The third-order valence-corrected chi connectivity index (χ3v) is 7.83. The highest BCUT2D eigenvalue weighted by molar-refractivity contribution is 5.69. The third kappa shape index (κ3) is 29.5. The minimum Gasteiger partial charge on any atom is -0.481 e. The normalized spacial score (nSPS) is 12.1. The summed E-state index contributed by atoms with van der Waals surface area (Å²) in [6.45, 7) is 4.52. The molecule has 0 aliphatic rings. The molecule has 0 bridgehead atoms. The van der Waals surface area contributed by atoms with Crippen LogP contribution in [0.5, 0.6) is 0 Å². The molecule has 0 saturated heterocycles. The predicted octanol–water partition coefficient (Wildman–Crippen LogP) is 11.3. The summed E-state index contributed by atoms with van der Waals surface area (Å²) < 4.78 is 5.97. The lowest BCUT2D eigenvalue weighted by Gasteiger charge is -2.18. The van der Waals surface area contributed by atoms with Gasteiger partial charge in [-0.15, -0.1) is 0 Å². The molecular formula is C34H66O4. The van der Waals surface area contributed by atoms with Gasteiger partial charge in [-0.25, -0.2) is 0 Å². The molecule has 0 aliphatic carbocycles. The van der Waals surface area contributed by atoms with Gasteiger partial charge in [0.25, 0.3) is 0 Å². The van der Waals surface area contributed by atoms with E-state index in [2.05, 4.69) is 13.8 Å². The second-order valence-corrected chi connectivity index (χ2v) is 11.7. The van der Waals surface area contributed by atoms with E-state index in [1.54, 1.807) is 0 Å². The first-order valence-corrected chi connectivity index (χ1v) is 17.0. The molecule has 0 heterocycles. The van der Waals surface area contributed by atoms with E-state index in [9.17, 15) is 9.59 Å². The van der Waals surface area contributed by atoms with Crippen LogP contribution in [-0.4, -0.2) is 23.1 Å². The Bertz CT molecular complexity index is 505. The number of hydrogen-bond donors (Lipinski definition) is 1. The molecule has 0 aromatic rings. The van der Waals surface area contributed by atoms with Gasteiger partial charge in [-0.3, -0.25) is 9.59 Å². The molecule has 38 heavy (non-hydrogen) atoms. The largest absolute Gasteiger partial charge is 0.481 e. The number of carboxylic acids is 1. The summed E-state index contributed by atoms with van der Waals surface area (Å²) in [5.74, 6) is -0.654. The van der Waals surface area contributed by atoms with E-state index < -0.39 is 5.97 Å². The van der Waals surface area contributed by atoms with E-state index in [4.69, 9.17) is 9.84 Å². The number of carbonyl (C=O) groups excluding carboxylic acids is 1. The number of esters is 1. The highest BCUT2D eigenvalue weighted by Gasteiger charge is 2.14. The summed E-state index contributed by atoms with van der Waals surface area (Å²) in [6, 6.07) is 0. The Morgan fingerprint density at radius 2 is 0.789 bits per heavy atom. The minimum absolute atomic E-state index is 0.0262. The maximum Gasteiger partial charge on any atom is 0.306 e. The van der Waals surface area contributed by atoms with Crippen molar-refractivity contribution in [2.45, 2.75) is 206 Å². The molecule has 0 spiro atoms. The smallest absolute Gasteiger partial charge is 0.306 e. The van der Waals surface area contributed by atoms with E-state index in [1.165, 1.54) is 122 Å². The number of carbonyl (C=O) groups is 2. The fraction of sp³-hybridized carbons (Fsp3) is 0.941. The number of carboxylic acid groups (broad SMARTS) is 1. The Labute approximate surface area is 237 Å². The monoisotopic (exact) mass is 538 g/mol. The molecular weight excluding hydrogens is 472 g/mol. The quantitative estimate of drug-likeness (QED) is 0.0704. The minimum atomic E-state index is -0.681. The van der Waals surface area contributed by atoms with E-state index in [0.29, 0.717) is 12.8 Å². The lowest BCUT2D eigenvalue weighted by molar-refractivity contribution is -0.150. The van der Waals surface area contributed by atoms with Gasteiger partial charge in [0.1, 0.15) is 6.10 Å². The lowest BCUT2D eigenvalue weighted by atomic mass is 10.0. The Morgan fingerprint density at radius 1 is 0.474 bits per heavy atom. The van der Waals surface area contributed by atoms with Gasteiger partial charge in [0.15, 0.2) is 0 Å². The van der Waals surface area contributed by atoms with Gasteiger partial charge in [-0.05, 0) is 38.5 Å². The van der Waals surface area contributed by atoms with Crippen LogP contribution in [0.3, 0.4) is 0 Å². The Kier molecular flexibility index (Phi) is 29.6. The zero-order valence-electron chi connectivity index (χ0n) is 25.8. The Hall–Kier alpha value is -1.06. The number of ether oxygens (including phenoxy) is 1. The highest BCUT2D eigenvalue weighted by Crippen LogP contribution is 2.19. The molecule has 226 valence electrons. The summed E-state index contributed by atoms with van der Waals surface area (Å²) in [7, 11) is 0. The first kappa shape index (κ1) is 36.9. The average Bonchev–Trinajstić information content (AvgIpc) is 2.89. The van der Waals surface area contributed by atoms with Gasteiger partial charge < -0.3 is 9.84 Å². The van der Waals surface area contributed by atoms with Crippen molar-refractivity contribution < 1.29 is 19.4 Å². The van der Waals surface area contributed by atoms with Crippen LogP contribution < -0.4 is 0 Å². The topological polar surface area (TPSA) is 63.6 Å². The molecule has 0 aromatic heterocycles. The van der Waals surface area contributed by atoms with E-state index >= 15 is 0 Å². The molecule has 0 radical (unpaired) electrons. The van der Waals surface area contributed by atoms with Crippen molar-refractivity contribution in [3.63, 3.8) is 0 Å². The van der Waals surface area contributed by atoms with Crippen LogP contribution in [0, 0.1) is 0 Å². The van der Waals surface area contributed by atoms with Crippen molar-refractivity contribution in [2.24, 2.45) is 0 Å². The number of hydrogen-bond acceptors (Lipinski definition) is 3. The first-order chi connectivity index (χ1) is 18.6. The van der Waals surface area contributed by atoms with Crippen molar-refractivity contribution in [3.8, 4) is 0 Å². The zero-order valence-corrected chi connectivity index (χ0v) is 25.8. The van der Waals surface area contributed by atoms with Gasteiger partial charge >= 0.3 is 11.9 Å². The zero-order chi connectivity index (χ0) is 27.9. The summed E-state index contributed by atoms with van der Waals surface area (Å²) >= 11 is 0. The van der Waals surface area contributed by atoms with Crippen LogP contribution >= 0.6 is 0 Å². The van der Waals surface area contributed by atoms with E-state index in [-0.39, 0.29) is 12.1 Å². The SMILES string of the molecule is CCCCCCCCCCCCCC(=O)OC(CCCCCCCC)CCCCCCCCCCC(=O)O. The predicted molar refractivity (Wildman–Crippen MR) is 163 cm³/mol. The van der Waals surface area contributed by atoms with Crippen LogP contribution in [0.25, 0.3) is 0 Å². The number of aliphatic carboxylic acids is 1. The summed E-state index contributed by atoms with van der Waals surface area (Å²) in [5, 5.41) is 8.70. The molecule has 0 rings (SSSR count). The maximum atomic E-state index is 12.5. The highest BCUT2D eigenvalue weighted by atomic mass is 16.5. The molecule has 4 heteroatoms. The maximum absolute atomic E-state index is 12.5. The molecule has 0 fully saturated rings. The van der Waals surface area contributed by atoms with Gasteiger partial charge in [0, 0.05) is 12.8 Å². The lowest BCUT2D eigenvalue weighted by Crippen LogP contribution is -2.18. The molecule has 0 amide bonds. The average molecular weight is 539 g/mol. The standard InChI is InChI=1S/C34H66O4/c1-3-5-7-9-11-12-13-14-19-23-27-31-34(37)38-32(28-24-20-10-8-6-4-2)29-25-21-17-15-16-18-22-26-30-33(35)36/h32H,3-31H2,1-2H3,(H,35,36). The van der Waals surface area contributed by atoms with Crippen LogP contribution in [0.1, 0.15) is 200 Å².